The third-order valence-electron chi connectivity index (χ3n) is 3.23. The molecule has 0 atom stereocenters. The van der Waals surface area contributed by atoms with Gasteiger partial charge in [-0.3, -0.25) is 0 Å². The first-order valence-corrected chi connectivity index (χ1v) is 7.43. The van der Waals surface area contributed by atoms with Crippen molar-refractivity contribution in [3.05, 3.63) is 28.2 Å². The summed E-state index contributed by atoms with van der Waals surface area (Å²) in [6.07, 6.45) is 4.80. The van der Waals surface area contributed by atoms with Gasteiger partial charge in [0.2, 0.25) is 0 Å². The zero-order valence-electron chi connectivity index (χ0n) is 11.0. The first kappa shape index (κ1) is 14.8. The third kappa shape index (κ3) is 4.52. The van der Waals surface area contributed by atoms with Gasteiger partial charge in [-0.15, -0.1) is 0 Å². The number of carboxylic acids is 1. The zero-order chi connectivity index (χ0) is 14.5. The fourth-order valence-corrected chi connectivity index (χ4v) is 2.36. The number of carboxylic acid groups (broad SMARTS) is 1. The second-order valence-electron chi connectivity index (χ2n) is 4.97. The van der Waals surface area contributed by atoms with Gasteiger partial charge in [0, 0.05) is 16.7 Å². The molecule has 20 heavy (non-hydrogen) atoms. The van der Waals surface area contributed by atoms with Crippen LogP contribution in [0, 0.1) is 5.92 Å². The van der Waals surface area contributed by atoms with E-state index in [-0.39, 0.29) is 11.6 Å². The molecule has 1 aromatic carbocycles. The summed E-state index contributed by atoms with van der Waals surface area (Å²) in [7, 11) is 0. The van der Waals surface area contributed by atoms with Crippen LogP contribution in [0.2, 0.25) is 0 Å². The highest BCUT2D eigenvalue weighted by Crippen LogP contribution is 2.33. The first-order chi connectivity index (χ1) is 9.56. The Balaban J connectivity index is 1.80. The summed E-state index contributed by atoms with van der Waals surface area (Å²) in [5.41, 5.74) is 0.585. The SMILES string of the molecule is O=C(NCCCC1CC1)Nc1ccc(Br)c(C(=O)O)c1. The van der Waals surface area contributed by atoms with Crippen LogP contribution >= 0.6 is 15.9 Å². The maximum atomic E-state index is 11.7. The van der Waals surface area contributed by atoms with Crippen LogP contribution in [-0.2, 0) is 0 Å². The van der Waals surface area contributed by atoms with Crippen molar-refractivity contribution in [3.8, 4) is 0 Å². The Bertz CT molecular complexity index is 515. The number of benzene rings is 1. The molecule has 1 aliphatic carbocycles. The molecule has 1 fully saturated rings. The van der Waals surface area contributed by atoms with Crippen LogP contribution in [0.15, 0.2) is 22.7 Å². The minimum absolute atomic E-state index is 0.122. The summed E-state index contributed by atoms with van der Waals surface area (Å²) in [5, 5.41) is 14.4. The lowest BCUT2D eigenvalue weighted by Gasteiger charge is -2.08. The Morgan fingerprint density at radius 2 is 2.10 bits per heavy atom. The van der Waals surface area contributed by atoms with Crippen molar-refractivity contribution in [1.82, 2.24) is 5.32 Å². The summed E-state index contributed by atoms with van der Waals surface area (Å²) in [5.74, 6) is -0.171. The maximum absolute atomic E-state index is 11.7. The van der Waals surface area contributed by atoms with Crippen molar-refractivity contribution in [2.24, 2.45) is 5.92 Å². The molecule has 0 heterocycles. The maximum Gasteiger partial charge on any atom is 0.336 e. The Morgan fingerprint density at radius 1 is 1.35 bits per heavy atom. The molecule has 6 heteroatoms. The number of halogens is 1. The average molecular weight is 341 g/mol. The van der Waals surface area contributed by atoms with E-state index >= 15 is 0 Å². The number of carbonyl (C=O) groups excluding carboxylic acids is 1. The molecule has 5 nitrogen and oxygen atoms in total. The van der Waals surface area contributed by atoms with Crippen molar-refractivity contribution < 1.29 is 14.7 Å². The number of amides is 2. The molecule has 0 radical (unpaired) electrons. The van der Waals surface area contributed by atoms with E-state index in [4.69, 9.17) is 5.11 Å². The smallest absolute Gasteiger partial charge is 0.336 e. The minimum atomic E-state index is -1.04. The Morgan fingerprint density at radius 3 is 2.75 bits per heavy atom. The molecule has 0 spiro atoms. The second kappa shape index (κ2) is 6.74. The quantitative estimate of drug-likeness (QED) is 0.694. The van der Waals surface area contributed by atoms with E-state index in [1.165, 1.54) is 25.3 Å². The second-order valence-corrected chi connectivity index (χ2v) is 5.82. The fraction of sp³-hybridized carbons (Fsp3) is 0.429. The van der Waals surface area contributed by atoms with Crippen molar-refractivity contribution in [3.63, 3.8) is 0 Å². The fourth-order valence-electron chi connectivity index (χ4n) is 1.94. The molecule has 0 aliphatic heterocycles. The predicted octanol–water partition coefficient (Wildman–Crippen LogP) is 3.46. The van der Waals surface area contributed by atoms with Crippen LogP contribution < -0.4 is 10.6 Å². The summed E-state index contributed by atoms with van der Waals surface area (Å²) >= 11 is 3.16. The molecule has 0 aromatic heterocycles. The lowest BCUT2D eigenvalue weighted by molar-refractivity contribution is 0.0696. The lowest BCUT2D eigenvalue weighted by Crippen LogP contribution is -2.29. The van der Waals surface area contributed by atoms with Gasteiger partial charge in [-0.1, -0.05) is 12.8 Å². The molecule has 3 N–H and O–H groups in total. The van der Waals surface area contributed by atoms with E-state index in [0.29, 0.717) is 16.7 Å². The van der Waals surface area contributed by atoms with Crippen molar-refractivity contribution in [1.29, 1.82) is 0 Å². The number of urea groups is 1. The summed E-state index contributed by atoms with van der Waals surface area (Å²) < 4.78 is 0.486. The highest BCUT2D eigenvalue weighted by Gasteiger charge is 2.20. The van der Waals surface area contributed by atoms with Gasteiger partial charge in [-0.05, 0) is 52.9 Å². The van der Waals surface area contributed by atoms with Gasteiger partial charge < -0.3 is 15.7 Å². The molecular formula is C14H17BrN2O3. The molecular weight excluding hydrogens is 324 g/mol. The number of hydrogen-bond donors (Lipinski definition) is 3. The molecule has 0 bridgehead atoms. The van der Waals surface area contributed by atoms with Crippen LogP contribution in [0.4, 0.5) is 10.5 Å². The van der Waals surface area contributed by atoms with Crippen molar-refractivity contribution in [2.45, 2.75) is 25.7 Å². The molecule has 1 saturated carbocycles. The molecule has 1 aromatic rings. The highest BCUT2D eigenvalue weighted by molar-refractivity contribution is 9.10. The largest absolute Gasteiger partial charge is 0.478 e. The molecule has 2 amide bonds. The van der Waals surface area contributed by atoms with E-state index < -0.39 is 5.97 Å². The van der Waals surface area contributed by atoms with Gasteiger partial charge in [0.05, 0.1) is 5.56 Å². The molecule has 2 rings (SSSR count). The van der Waals surface area contributed by atoms with E-state index in [1.54, 1.807) is 12.1 Å². The number of hydrogen-bond acceptors (Lipinski definition) is 2. The van der Waals surface area contributed by atoms with E-state index in [0.717, 1.165) is 12.3 Å². The van der Waals surface area contributed by atoms with E-state index in [9.17, 15) is 9.59 Å². The number of nitrogens with one attached hydrogen (secondary N) is 2. The topological polar surface area (TPSA) is 78.4 Å². The van der Waals surface area contributed by atoms with Gasteiger partial charge in [0.25, 0.3) is 0 Å². The molecule has 1 aliphatic rings. The van der Waals surface area contributed by atoms with Gasteiger partial charge in [-0.2, -0.15) is 0 Å². The number of rotatable bonds is 6. The Kier molecular flexibility index (Phi) is 5.00. The monoisotopic (exact) mass is 340 g/mol. The number of carbonyl (C=O) groups is 2. The number of anilines is 1. The summed E-state index contributed by atoms with van der Waals surface area (Å²) in [6.45, 7) is 0.644. The van der Waals surface area contributed by atoms with Crippen molar-refractivity contribution in [2.75, 3.05) is 11.9 Å². The van der Waals surface area contributed by atoms with Crippen molar-refractivity contribution >= 4 is 33.6 Å². The minimum Gasteiger partial charge on any atom is -0.478 e. The van der Waals surface area contributed by atoms with Gasteiger partial charge in [0.1, 0.15) is 0 Å². The molecule has 108 valence electrons. The highest BCUT2D eigenvalue weighted by atomic mass is 79.9. The lowest BCUT2D eigenvalue weighted by atomic mass is 10.2. The van der Waals surface area contributed by atoms with E-state index in [1.807, 2.05) is 0 Å². The predicted molar refractivity (Wildman–Crippen MR) is 80.1 cm³/mol. The van der Waals surface area contributed by atoms with Crippen LogP contribution in [0.3, 0.4) is 0 Å². The Labute approximate surface area is 125 Å². The van der Waals surface area contributed by atoms with Crippen LogP contribution in [-0.4, -0.2) is 23.7 Å². The van der Waals surface area contributed by atoms with Gasteiger partial charge in [-0.25, -0.2) is 9.59 Å². The Hall–Kier alpha value is -1.56. The number of aromatic carboxylic acids is 1. The van der Waals surface area contributed by atoms with Crippen LogP contribution in [0.25, 0.3) is 0 Å². The van der Waals surface area contributed by atoms with Gasteiger partial charge in [0.15, 0.2) is 0 Å². The average Bonchev–Trinajstić information content (AvgIpc) is 3.21. The van der Waals surface area contributed by atoms with E-state index in [2.05, 4.69) is 26.6 Å². The van der Waals surface area contributed by atoms with Crippen LogP contribution in [0.5, 0.6) is 0 Å². The summed E-state index contributed by atoms with van der Waals surface area (Å²) in [4.78, 5) is 22.6. The standard InChI is InChI=1S/C14H17BrN2O3/c15-12-6-5-10(8-11(12)13(18)19)17-14(20)16-7-1-2-9-3-4-9/h5-6,8-9H,1-4,7H2,(H,18,19)(H2,16,17,20). The van der Waals surface area contributed by atoms with Crippen LogP contribution in [0.1, 0.15) is 36.0 Å². The summed E-state index contributed by atoms with van der Waals surface area (Å²) in [6, 6.07) is 4.38. The zero-order valence-corrected chi connectivity index (χ0v) is 12.6. The molecule has 0 saturated heterocycles. The first-order valence-electron chi connectivity index (χ1n) is 6.64. The normalized spacial score (nSPS) is 13.8. The van der Waals surface area contributed by atoms with Gasteiger partial charge >= 0.3 is 12.0 Å². The molecule has 0 unspecified atom stereocenters. The third-order valence-corrected chi connectivity index (χ3v) is 3.92.